The van der Waals surface area contributed by atoms with Gasteiger partial charge in [0.25, 0.3) is 0 Å². The number of hydrogen-bond donors (Lipinski definition) is 2. The zero-order chi connectivity index (χ0) is 8.67. The molecular weight excluding hydrogens is 162 g/mol. The van der Waals surface area contributed by atoms with Crippen LogP contribution in [0.5, 0.6) is 0 Å². The SMILES string of the molecule is c1ccc2[nH]c(C3CCN3)nc2c1. The molecular formula is C10H11N3. The Labute approximate surface area is 76.2 Å². The second kappa shape index (κ2) is 2.57. The molecule has 2 heterocycles. The molecule has 0 amide bonds. The van der Waals surface area contributed by atoms with Gasteiger partial charge >= 0.3 is 0 Å². The number of hydrogen-bond acceptors (Lipinski definition) is 2. The minimum Gasteiger partial charge on any atom is -0.341 e. The maximum Gasteiger partial charge on any atom is 0.124 e. The number of aromatic amines is 1. The summed E-state index contributed by atoms with van der Waals surface area (Å²) in [6.07, 6.45) is 1.19. The second-order valence-electron chi connectivity index (χ2n) is 3.43. The van der Waals surface area contributed by atoms with E-state index in [2.05, 4.69) is 21.4 Å². The van der Waals surface area contributed by atoms with Crippen LogP contribution >= 0.6 is 0 Å². The highest BCUT2D eigenvalue weighted by Gasteiger charge is 2.21. The summed E-state index contributed by atoms with van der Waals surface area (Å²) in [5.41, 5.74) is 2.19. The Morgan fingerprint density at radius 3 is 2.85 bits per heavy atom. The van der Waals surface area contributed by atoms with Gasteiger partial charge in [-0.1, -0.05) is 12.1 Å². The lowest BCUT2D eigenvalue weighted by Crippen LogP contribution is -2.35. The van der Waals surface area contributed by atoms with Crippen LogP contribution in [0.3, 0.4) is 0 Å². The summed E-state index contributed by atoms with van der Waals surface area (Å²) in [6.45, 7) is 1.11. The number of aromatic nitrogens is 2. The monoisotopic (exact) mass is 173 g/mol. The van der Waals surface area contributed by atoms with Gasteiger partial charge in [-0.3, -0.25) is 0 Å². The molecule has 1 fully saturated rings. The molecule has 0 aliphatic carbocycles. The molecule has 3 heteroatoms. The Morgan fingerprint density at radius 2 is 2.15 bits per heavy atom. The lowest BCUT2D eigenvalue weighted by molar-refractivity contribution is 0.369. The van der Waals surface area contributed by atoms with Crippen molar-refractivity contribution in [2.75, 3.05) is 6.54 Å². The largest absolute Gasteiger partial charge is 0.341 e. The van der Waals surface area contributed by atoms with E-state index in [1.807, 2.05) is 18.2 Å². The molecule has 1 aromatic heterocycles. The summed E-state index contributed by atoms with van der Waals surface area (Å²) in [5.74, 6) is 1.08. The van der Waals surface area contributed by atoms with Crippen molar-refractivity contribution in [3.05, 3.63) is 30.1 Å². The highest BCUT2D eigenvalue weighted by Crippen LogP contribution is 2.22. The van der Waals surface area contributed by atoms with Gasteiger partial charge in [0.2, 0.25) is 0 Å². The zero-order valence-corrected chi connectivity index (χ0v) is 7.25. The van der Waals surface area contributed by atoms with Crippen molar-refractivity contribution >= 4 is 11.0 Å². The second-order valence-corrected chi connectivity index (χ2v) is 3.43. The third-order valence-corrected chi connectivity index (χ3v) is 2.56. The van der Waals surface area contributed by atoms with Gasteiger partial charge in [-0.15, -0.1) is 0 Å². The predicted molar refractivity (Wildman–Crippen MR) is 51.5 cm³/mol. The number of rotatable bonds is 1. The van der Waals surface area contributed by atoms with Crippen molar-refractivity contribution in [2.24, 2.45) is 0 Å². The fraction of sp³-hybridized carbons (Fsp3) is 0.300. The van der Waals surface area contributed by atoms with Crippen LogP contribution < -0.4 is 5.32 Å². The Hall–Kier alpha value is -1.35. The van der Waals surface area contributed by atoms with Gasteiger partial charge < -0.3 is 10.3 Å². The Kier molecular flexibility index (Phi) is 1.40. The molecule has 1 aliphatic rings. The van der Waals surface area contributed by atoms with E-state index in [0.717, 1.165) is 23.4 Å². The van der Waals surface area contributed by atoms with Crippen LogP contribution in [-0.4, -0.2) is 16.5 Å². The van der Waals surface area contributed by atoms with Gasteiger partial charge in [0, 0.05) is 0 Å². The molecule has 1 atom stereocenters. The molecule has 66 valence electrons. The average molecular weight is 173 g/mol. The molecule has 0 bridgehead atoms. The third kappa shape index (κ3) is 1.04. The van der Waals surface area contributed by atoms with Crippen LogP contribution in [0.1, 0.15) is 18.3 Å². The maximum absolute atomic E-state index is 4.52. The van der Waals surface area contributed by atoms with Crippen LogP contribution in [0.15, 0.2) is 24.3 Å². The number of para-hydroxylation sites is 2. The van der Waals surface area contributed by atoms with Crippen molar-refractivity contribution in [1.82, 2.24) is 15.3 Å². The van der Waals surface area contributed by atoms with Gasteiger partial charge in [0.15, 0.2) is 0 Å². The first kappa shape index (κ1) is 7.09. The molecule has 13 heavy (non-hydrogen) atoms. The molecule has 2 aromatic rings. The van der Waals surface area contributed by atoms with Gasteiger partial charge in [-0.2, -0.15) is 0 Å². The average Bonchev–Trinajstić information content (AvgIpc) is 2.43. The lowest BCUT2D eigenvalue weighted by Gasteiger charge is -2.25. The van der Waals surface area contributed by atoms with Crippen LogP contribution in [0.2, 0.25) is 0 Å². The van der Waals surface area contributed by atoms with Crippen LogP contribution in [0.25, 0.3) is 11.0 Å². The number of nitrogens with zero attached hydrogens (tertiary/aromatic N) is 1. The minimum absolute atomic E-state index is 0.451. The minimum atomic E-state index is 0.451. The standard InChI is InChI=1S/C10H11N3/c1-2-4-8-7(3-1)12-10(13-8)9-5-6-11-9/h1-4,9,11H,5-6H2,(H,12,13). The summed E-state index contributed by atoms with van der Waals surface area (Å²) >= 11 is 0. The summed E-state index contributed by atoms with van der Waals surface area (Å²) < 4.78 is 0. The first-order chi connectivity index (χ1) is 6.43. The van der Waals surface area contributed by atoms with Gasteiger partial charge in [0.1, 0.15) is 5.82 Å². The fourth-order valence-corrected chi connectivity index (χ4v) is 1.66. The van der Waals surface area contributed by atoms with E-state index < -0.39 is 0 Å². The predicted octanol–water partition coefficient (Wildman–Crippen LogP) is 1.60. The Balaban J connectivity index is 2.10. The van der Waals surface area contributed by atoms with E-state index in [1.165, 1.54) is 6.42 Å². The first-order valence-electron chi connectivity index (χ1n) is 4.61. The Morgan fingerprint density at radius 1 is 1.31 bits per heavy atom. The van der Waals surface area contributed by atoms with Crippen molar-refractivity contribution < 1.29 is 0 Å². The van der Waals surface area contributed by atoms with Crippen LogP contribution in [0, 0.1) is 0 Å². The summed E-state index contributed by atoms with van der Waals surface area (Å²) in [5, 5.41) is 3.33. The highest BCUT2D eigenvalue weighted by atomic mass is 15.1. The van der Waals surface area contributed by atoms with Gasteiger partial charge in [0.05, 0.1) is 17.1 Å². The molecule has 0 radical (unpaired) electrons. The van der Waals surface area contributed by atoms with E-state index in [9.17, 15) is 0 Å². The lowest BCUT2D eigenvalue weighted by atomic mass is 10.1. The molecule has 1 aliphatic heterocycles. The highest BCUT2D eigenvalue weighted by molar-refractivity contribution is 5.74. The molecule has 1 unspecified atom stereocenters. The summed E-state index contributed by atoms with van der Waals surface area (Å²) in [6, 6.07) is 8.59. The van der Waals surface area contributed by atoms with Crippen LogP contribution in [0.4, 0.5) is 0 Å². The number of nitrogens with one attached hydrogen (secondary N) is 2. The molecule has 1 aromatic carbocycles. The number of fused-ring (bicyclic) bond motifs is 1. The normalized spacial score (nSPS) is 21.7. The van der Waals surface area contributed by atoms with E-state index in [-0.39, 0.29) is 0 Å². The van der Waals surface area contributed by atoms with Gasteiger partial charge in [-0.25, -0.2) is 4.98 Å². The van der Waals surface area contributed by atoms with E-state index in [0.29, 0.717) is 6.04 Å². The fourth-order valence-electron chi connectivity index (χ4n) is 1.66. The van der Waals surface area contributed by atoms with Crippen molar-refractivity contribution in [3.63, 3.8) is 0 Å². The zero-order valence-electron chi connectivity index (χ0n) is 7.25. The molecule has 0 saturated carbocycles. The van der Waals surface area contributed by atoms with E-state index in [4.69, 9.17) is 0 Å². The smallest absolute Gasteiger partial charge is 0.124 e. The molecule has 3 nitrogen and oxygen atoms in total. The molecule has 3 rings (SSSR count). The quantitative estimate of drug-likeness (QED) is 0.687. The van der Waals surface area contributed by atoms with Crippen molar-refractivity contribution in [3.8, 4) is 0 Å². The Bertz CT molecular complexity index is 395. The summed E-state index contributed by atoms with van der Waals surface area (Å²) in [4.78, 5) is 7.84. The number of imidazole rings is 1. The molecule has 0 spiro atoms. The first-order valence-corrected chi connectivity index (χ1v) is 4.61. The van der Waals surface area contributed by atoms with E-state index in [1.54, 1.807) is 0 Å². The van der Waals surface area contributed by atoms with Gasteiger partial charge in [-0.05, 0) is 25.1 Å². The van der Waals surface area contributed by atoms with Crippen LogP contribution in [-0.2, 0) is 0 Å². The van der Waals surface area contributed by atoms with Crippen molar-refractivity contribution in [2.45, 2.75) is 12.5 Å². The van der Waals surface area contributed by atoms with E-state index >= 15 is 0 Å². The summed E-state index contributed by atoms with van der Waals surface area (Å²) in [7, 11) is 0. The number of H-pyrrole nitrogens is 1. The number of benzene rings is 1. The molecule has 1 saturated heterocycles. The maximum atomic E-state index is 4.52. The third-order valence-electron chi connectivity index (χ3n) is 2.56. The molecule has 2 N–H and O–H groups in total. The van der Waals surface area contributed by atoms with Crippen molar-refractivity contribution in [1.29, 1.82) is 0 Å². The topological polar surface area (TPSA) is 40.7 Å².